The van der Waals surface area contributed by atoms with Crippen LogP contribution in [0, 0.1) is 6.92 Å². The van der Waals surface area contributed by atoms with Gasteiger partial charge in [-0.25, -0.2) is 4.98 Å². The van der Waals surface area contributed by atoms with Crippen LogP contribution < -0.4 is 5.32 Å². The van der Waals surface area contributed by atoms with Crippen molar-refractivity contribution in [1.29, 1.82) is 0 Å². The number of carbonyl (C=O) groups is 1. The first-order chi connectivity index (χ1) is 15.1. The van der Waals surface area contributed by atoms with Crippen molar-refractivity contribution in [2.24, 2.45) is 0 Å². The topological polar surface area (TPSA) is 115 Å². The highest BCUT2D eigenvalue weighted by Gasteiger charge is 2.26. The number of aromatic nitrogens is 4. The molecular formula is C22H21N5O4. The summed E-state index contributed by atoms with van der Waals surface area (Å²) >= 11 is 0. The van der Waals surface area contributed by atoms with Crippen molar-refractivity contribution in [1.82, 2.24) is 19.5 Å². The number of hydrogen-bond donors (Lipinski definition) is 2. The lowest BCUT2D eigenvalue weighted by atomic mass is 10.1. The van der Waals surface area contributed by atoms with Crippen LogP contribution in [0.25, 0.3) is 17.0 Å². The van der Waals surface area contributed by atoms with Gasteiger partial charge in [0.05, 0.1) is 18.9 Å². The van der Waals surface area contributed by atoms with Gasteiger partial charge < -0.3 is 19.7 Å². The number of aliphatic hydroxyl groups excluding tert-OH is 1. The molecule has 0 saturated carbocycles. The highest BCUT2D eigenvalue weighted by atomic mass is 16.5. The maximum atomic E-state index is 12.9. The Labute approximate surface area is 177 Å². The van der Waals surface area contributed by atoms with E-state index < -0.39 is 6.10 Å². The van der Waals surface area contributed by atoms with E-state index in [1.165, 1.54) is 0 Å². The average Bonchev–Trinajstić information content (AvgIpc) is 3.43. The summed E-state index contributed by atoms with van der Waals surface area (Å²) in [4.78, 5) is 21.6. The molecule has 0 radical (unpaired) electrons. The fourth-order valence-electron chi connectivity index (χ4n) is 3.60. The van der Waals surface area contributed by atoms with Gasteiger partial charge in [0.1, 0.15) is 17.4 Å². The predicted molar refractivity (Wildman–Crippen MR) is 112 cm³/mol. The Bertz CT molecular complexity index is 1240. The number of benzene rings is 1. The van der Waals surface area contributed by atoms with Crippen LogP contribution in [0.3, 0.4) is 0 Å². The van der Waals surface area contributed by atoms with E-state index in [0.29, 0.717) is 47.1 Å². The molecule has 4 heterocycles. The largest absolute Gasteiger partial charge is 0.391 e. The fourth-order valence-corrected chi connectivity index (χ4v) is 3.60. The number of anilines is 1. The third-order valence-corrected chi connectivity index (χ3v) is 5.36. The van der Waals surface area contributed by atoms with Crippen LogP contribution in [-0.2, 0) is 4.74 Å². The van der Waals surface area contributed by atoms with Gasteiger partial charge in [-0.3, -0.25) is 9.20 Å². The highest BCUT2D eigenvalue weighted by molar-refractivity contribution is 6.04. The lowest BCUT2D eigenvalue weighted by Gasteiger charge is -2.23. The lowest BCUT2D eigenvalue weighted by molar-refractivity contribution is -0.0681. The second-order valence-corrected chi connectivity index (χ2v) is 7.57. The predicted octanol–water partition coefficient (Wildman–Crippen LogP) is 3.16. The van der Waals surface area contributed by atoms with Gasteiger partial charge in [0.25, 0.3) is 11.8 Å². The zero-order chi connectivity index (χ0) is 21.4. The summed E-state index contributed by atoms with van der Waals surface area (Å²) in [5, 5.41) is 16.6. The number of fused-ring (bicyclic) bond motifs is 1. The minimum atomic E-state index is -0.449. The smallest absolute Gasteiger partial charge is 0.274 e. The number of nitrogens with zero attached hydrogens (tertiary/aromatic N) is 4. The number of aryl methyl sites for hydroxylation is 1. The Hall–Kier alpha value is -3.56. The summed E-state index contributed by atoms with van der Waals surface area (Å²) in [6, 6.07) is 11.1. The molecule has 1 amide bonds. The van der Waals surface area contributed by atoms with Crippen molar-refractivity contribution >= 4 is 17.2 Å². The van der Waals surface area contributed by atoms with Crippen LogP contribution in [0.2, 0.25) is 0 Å². The number of rotatable bonds is 4. The van der Waals surface area contributed by atoms with E-state index in [9.17, 15) is 9.90 Å². The van der Waals surface area contributed by atoms with Gasteiger partial charge in [-0.05, 0) is 43.5 Å². The number of imidazole rings is 1. The molecule has 2 N–H and O–H groups in total. The number of hydrogen-bond acceptors (Lipinski definition) is 7. The third-order valence-electron chi connectivity index (χ3n) is 5.36. The normalized spacial score (nSPS) is 18.9. The lowest BCUT2D eigenvalue weighted by Crippen LogP contribution is -2.24. The van der Waals surface area contributed by atoms with E-state index in [2.05, 4.69) is 20.4 Å². The zero-order valence-corrected chi connectivity index (χ0v) is 16.9. The van der Waals surface area contributed by atoms with Crippen LogP contribution in [0.4, 0.5) is 5.69 Å². The molecule has 2 atom stereocenters. The van der Waals surface area contributed by atoms with Crippen molar-refractivity contribution in [2.75, 3.05) is 11.9 Å². The van der Waals surface area contributed by atoms with Crippen LogP contribution in [0.15, 0.2) is 53.3 Å². The van der Waals surface area contributed by atoms with Gasteiger partial charge in [0.15, 0.2) is 0 Å². The number of aliphatic hydroxyl groups is 1. The van der Waals surface area contributed by atoms with E-state index >= 15 is 0 Å². The molecule has 0 aliphatic carbocycles. The van der Waals surface area contributed by atoms with Crippen molar-refractivity contribution in [2.45, 2.75) is 32.0 Å². The zero-order valence-electron chi connectivity index (χ0n) is 16.9. The van der Waals surface area contributed by atoms with Crippen molar-refractivity contribution in [3.8, 4) is 11.4 Å². The Morgan fingerprint density at radius 3 is 3.00 bits per heavy atom. The monoisotopic (exact) mass is 419 g/mol. The van der Waals surface area contributed by atoms with E-state index in [1.54, 1.807) is 16.8 Å². The molecule has 158 valence electrons. The molecule has 5 rings (SSSR count). The van der Waals surface area contributed by atoms with Crippen molar-refractivity contribution in [3.05, 3.63) is 65.9 Å². The Morgan fingerprint density at radius 2 is 2.16 bits per heavy atom. The third kappa shape index (κ3) is 3.80. The fraction of sp³-hybridized carbons (Fsp3) is 0.273. The molecule has 3 aromatic heterocycles. The summed E-state index contributed by atoms with van der Waals surface area (Å²) in [5.41, 5.74) is 3.41. The van der Waals surface area contributed by atoms with Crippen LogP contribution >= 0.6 is 0 Å². The molecule has 0 spiro atoms. The number of amides is 1. The second-order valence-electron chi connectivity index (χ2n) is 7.57. The molecule has 1 aliphatic heterocycles. The quantitative estimate of drug-likeness (QED) is 0.522. The SMILES string of the molecule is Cc1ccc(-c2noc(C3CCC(O)CO3)n2)cc1NC(=O)c1cnc2ccccn12. The van der Waals surface area contributed by atoms with Gasteiger partial charge in [0.2, 0.25) is 5.82 Å². The van der Waals surface area contributed by atoms with Crippen LogP contribution in [-0.4, -0.2) is 43.2 Å². The summed E-state index contributed by atoms with van der Waals surface area (Å²) < 4.78 is 12.7. The molecule has 9 heteroatoms. The summed E-state index contributed by atoms with van der Waals surface area (Å²) in [6.45, 7) is 2.17. The standard InChI is InChI=1S/C22H21N5O4/c1-13-5-6-14(20-25-22(31-26-20)18-8-7-15(28)12-30-18)10-16(13)24-21(29)17-11-23-19-4-2-3-9-27(17)19/h2-6,9-11,15,18,28H,7-8,12H2,1H3,(H,24,29). The minimum Gasteiger partial charge on any atom is -0.391 e. The number of pyridine rings is 1. The van der Waals surface area contributed by atoms with E-state index in [-0.39, 0.29) is 18.6 Å². The van der Waals surface area contributed by atoms with Gasteiger partial charge in [0, 0.05) is 17.4 Å². The highest BCUT2D eigenvalue weighted by Crippen LogP contribution is 2.30. The summed E-state index contributed by atoms with van der Waals surface area (Å²) in [7, 11) is 0. The molecule has 1 saturated heterocycles. The molecule has 0 bridgehead atoms. The van der Waals surface area contributed by atoms with Crippen LogP contribution in [0.1, 0.15) is 40.9 Å². The molecule has 4 aromatic rings. The van der Waals surface area contributed by atoms with E-state index in [1.807, 2.05) is 43.3 Å². The first-order valence-electron chi connectivity index (χ1n) is 10.1. The second kappa shape index (κ2) is 7.93. The molecule has 31 heavy (non-hydrogen) atoms. The summed E-state index contributed by atoms with van der Waals surface area (Å²) in [5.74, 6) is 0.538. The average molecular weight is 419 g/mol. The van der Waals surface area contributed by atoms with E-state index in [4.69, 9.17) is 9.26 Å². The van der Waals surface area contributed by atoms with Crippen molar-refractivity contribution in [3.63, 3.8) is 0 Å². The van der Waals surface area contributed by atoms with Gasteiger partial charge in [-0.1, -0.05) is 23.4 Å². The number of ether oxygens (including phenoxy) is 1. The maximum absolute atomic E-state index is 12.9. The maximum Gasteiger partial charge on any atom is 0.274 e. The van der Waals surface area contributed by atoms with Gasteiger partial charge >= 0.3 is 0 Å². The first kappa shape index (κ1) is 19.4. The van der Waals surface area contributed by atoms with Gasteiger partial charge in [-0.2, -0.15) is 4.98 Å². The first-order valence-corrected chi connectivity index (χ1v) is 10.1. The van der Waals surface area contributed by atoms with Crippen molar-refractivity contribution < 1.29 is 19.2 Å². The molecular weight excluding hydrogens is 398 g/mol. The number of carbonyl (C=O) groups excluding carboxylic acids is 1. The minimum absolute atomic E-state index is 0.256. The Morgan fingerprint density at radius 1 is 1.26 bits per heavy atom. The Balaban J connectivity index is 1.38. The van der Waals surface area contributed by atoms with Crippen LogP contribution in [0.5, 0.6) is 0 Å². The van der Waals surface area contributed by atoms with Gasteiger partial charge in [-0.15, -0.1) is 0 Å². The Kier molecular flexibility index (Phi) is 4.97. The molecule has 2 unspecified atom stereocenters. The molecule has 9 nitrogen and oxygen atoms in total. The molecule has 1 fully saturated rings. The summed E-state index contributed by atoms with van der Waals surface area (Å²) in [6.07, 6.45) is 3.84. The van der Waals surface area contributed by atoms with E-state index in [0.717, 1.165) is 5.56 Å². The molecule has 1 aromatic carbocycles. The number of nitrogens with one attached hydrogen (secondary N) is 1. The molecule has 1 aliphatic rings.